The maximum Gasteiger partial charge on any atom is 0.172 e. The van der Waals surface area contributed by atoms with Crippen molar-refractivity contribution in [2.24, 2.45) is 5.41 Å². The molecule has 3 heteroatoms. The lowest BCUT2D eigenvalue weighted by Gasteiger charge is -2.20. The molecule has 2 rings (SSSR count). The van der Waals surface area contributed by atoms with Crippen LogP contribution in [0.3, 0.4) is 0 Å². The first-order valence-corrected chi connectivity index (χ1v) is 6.35. The smallest absolute Gasteiger partial charge is 0.172 e. The van der Waals surface area contributed by atoms with Gasteiger partial charge in [0.1, 0.15) is 5.75 Å². The van der Waals surface area contributed by atoms with E-state index in [-0.39, 0.29) is 5.41 Å². The Kier molecular flexibility index (Phi) is 3.35. The maximum absolute atomic E-state index is 5.88. The van der Waals surface area contributed by atoms with Gasteiger partial charge in [0.05, 0.1) is 0 Å². The number of thiocarbonyl (C=S) groups is 1. The quantitative estimate of drug-likeness (QED) is 0.713. The lowest BCUT2D eigenvalue weighted by molar-refractivity contribution is 0.453. The third kappa shape index (κ3) is 2.67. The van der Waals surface area contributed by atoms with E-state index in [0.29, 0.717) is 5.05 Å². The zero-order valence-corrected chi connectivity index (χ0v) is 12.0. The number of hydrogen-bond donors (Lipinski definition) is 0. The van der Waals surface area contributed by atoms with Crippen LogP contribution in [0.25, 0.3) is 10.8 Å². The summed E-state index contributed by atoms with van der Waals surface area (Å²) in [5.41, 5.74) is 1.00. The number of fused-ring (bicyclic) bond motifs is 1. The van der Waals surface area contributed by atoms with E-state index in [2.05, 4.69) is 31.8 Å². The molecule has 1 heterocycles. The van der Waals surface area contributed by atoms with E-state index in [1.165, 1.54) is 0 Å². The molecule has 1 aromatic carbocycles. The van der Waals surface area contributed by atoms with Crippen molar-refractivity contribution in [2.45, 2.75) is 27.7 Å². The highest BCUT2D eigenvalue weighted by Crippen LogP contribution is 2.29. The van der Waals surface area contributed by atoms with Gasteiger partial charge in [0.15, 0.2) is 5.05 Å². The fraction of sp³-hybridized carbons (Fsp3) is 0.333. The molecule has 94 valence electrons. The summed E-state index contributed by atoms with van der Waals surface area (Å²) < 4.78 is 5.88. The maximum atomic E-state index is 5.88. The van der Waals surface area contributed by atoms with Crippen molar-refractivity contribution in [3.05, 3.63) is 36.2 Å². The second kappa shape index (κ2) is 4.65. The average molecular weight is 259 g/mol. The summed E-state index contributed by atoms with van der Waals surface area (Å²) in [6, 6.07) is 6.06. The van der Waals surface area contributed by atoms with Gasteiger partial charge in [-0.05, 0) is 42.9 Å². The Morgan fingerprint density at radius 3 is 2.67 bits per heavy atom. The second-order valence-corrected chi connectivity index (χ2v) is 5.87. The molecule has 0 saturated heterocycles. The molecule has 0 aliphatic heterocycles. The molecule has 0 saturated carbocycles. The van der Waals surface area contributed by atoms with Gasteiger partial charge in [-0.25, -0.2) is 0 Å². The van der Waals surface area contributed by atoms with Crippen molar-refractivity contribution < 1.29 is 4.74 Å². The third-order valence-corrected chi connectivity index (χ3v) is 3.37. The van der Waals surface area contributed by atoms with Gasteiger partial charge >= 0.3 is 0 Å². The standard InChI is InChI=1S/C15H17NOS/c1-10-7-11-9-16-6-5-12(11)13(8-10)17-14(18)15(2,3)4/h5-9H,1-4H3. The summed E-state index contributed by atoms with van der Waals surface area (Å²) >= 11 is 5.34. The minimum absolute atomic E-state index is 0.140. The Labute approximate surface area is 113 Å². The molecular weight excluding hydrogens is 242 g/mol. The molecule has 2 aromatic rings. The van der Waals surface area contributed by atoms with Gasteiger partial charge in [-0.3, -0.25) is 4.98 Å². The molecule has 0 fully saturated rings. The zero-order chi connectivity index (χ0) is 13.3. The summed E-state index contributed by atoms with van der Waals surface area (Å²) in [5.74, 6) is 0.812. The van der Waals surface area contributed by atoms with Gasteiger partial charge in [0.25, 0.3) is 0 Å². The van der Waals surface area contributed by atoms with Gasteiger partial charge in [0, 0.05) is 28.6 Å². The van der Waals surface area contributed by atoms with Crippen LogP contribution < -0.4 is 4.74 Å². The largest absolute Gasteiger partial charge is 0.449 e. The van der Waals surface area contributed by atoms with Crippen LogP contribution in [0.15, 0.2) is 30.6 Å². The number of rotatable bonds is 1. The lowest BCUT2D eigenvalue weighted by atomic mass is 9.98. The van der Waals surface area contributed by atoms with Crippen molar-refractivity contribution in [2.75, 3.05) is 0 Å². The van der Waals surface area contributed by atoms with E-state index >= 15 is 0 Å². The fourth-order valence-electron chi connectivity index (χ4n) is 1.65. The van der Waals surface area contributed by atoms with E-state index < -0.39 is 0 Å². The van der Waals surface area contributed by atoms with E-state index in [1.807, 2.05) is 25.3 Å². The predicted molar refractivity (Wildman–Crippen MR) is 79.2 cm³/mol. The average Bonchev–Trinajstić information content (AvgIpc) is 2.27. The number of nitrogens with zero attached hydrogens (tertiary/aromatic N) is 1. The van der Waals surface area contributed by atoms with Crippen molar-refractivity contribution in [3.63, 3.8) is 0 Å². The number of ether oxygens (including phenoxy) is 1. The van der Waals surface area contributed by atoms with E-state index in [9.17, 15) is 0 Å². The Morgan fingerprint density at radius 1 is 1.28 bits per heavy atom. The molecule has 0 unspecified atom stereocenters. The first-order valence-electron chi connectivity index (χ1n) is 5.94. The first kappa shape index (κ1) is 13.0. The monoisotopic (exact) mass is 259 g/mol. The molecule has 0 amide bonds. The Hall–Kier alpha value is -1.48. The summed E-state index contributed by atoms with van der Waals surface area (Å²) in [6.07, 6.45) is 3.61. The zero-order valence-electron chi connectivity index (χ0n) is 11.2. The molecule has 0 N–H and O–H groups in total. The van der Waals surface area contributed by atoms with Crippen molar-refractivity contribution in [3.8, 4) is 5.75 Å². The van der Waals surface area contributed by atoms with Gasteiger partial charge in [-0.1, -0.05) is 20.8 Å². The molecule has 0 spiro atoms. The van der Waals surface area contributed by atoms with Crippen LogP contribution in [-0.2, 0) is 0 Å². The van der Waals surface area contributed by atoms with Crippen molar-refractivity contribution in [1.82, 2.24) is 4.98 Å². The van der Waals surface area contributed by atoms with Crippen molar-refractivity contribution in [1.29, 1.82) is 0 Å². The number of benzene rings is 1. The highest BCUT2D eigenvalue weighted by atomic mass is 32.1. The normalized spacial score (nSPS) is 11.6. The number of aromatic nitrogens is 1. The minimum atomic E-state index is -0.140. The summed E-state index contributed by atoms with van der Waals surface area (Å²) in [7, 11) is 0. The molecule has 0 radical (unpaired) electrons. The van der Waals surface area contributed by atoms with Crippen LogP contribution in [0.1, 0.15) is 26.3 Å². The lowest BCUT2D eigenvalue weighted by Crippen LogP contribution is -2.23. The topological polar surface area (TPSA) is 22.1 Å². The summed E-state index contributed by atoms with van der Waals surface area (Å²) in [6.45, 7) is 8.19. The molecular formula is C15H17NOS. The highest BCUT2D eigenvalue weighted by Gasteiger charge is 2.20. The van der Waals surface area contributed by atoms with Crippen LogP contribution in [-0.4, -0.2) is 10.0 Å². The predicted octanol–water partition coefficient (Wildman–Crippen LogP) is 4.30. The van der Waals surface area contributed by atoms with Gasteiger partial charge < -0.3 is 4.74 Å². The number of pyridine rings is 1. The van der Waals surface area contributed by atoms with E-state index in [0.717, 1.165) is 22.1 Å². The van der Waals surface area contributed by atoms with Crippen LogP contribution in [0, 0.1) is 12.3 Å². The number of hydrogen-bond acceptors (Lipinski definition) is 3. The Morgan fingerprint density at radius 2 is 2.00 bits per heavy atom. The minimum Gasteiger partial charge on any atom is -0.449 e. The summed E-state index contributed by atoms with van der Waals surface area (Å²) in [4.78, 5) is 4.13. The van der Waals surface area contributed by atoms with Gasteiger partial charge in [-0.2, -0.15) is 0 Å². The Balaban J connectivity index is 2.48. The van der Waals surface area contributed by atoms with Crippen LogP contribution >= 0.6 is 12.2 Å². The molecule has 0 atom stereocenters. The molecule has 0 aliphatic carbocycles. The second-order valence-electron chi connectivity index (χ2n) is 5.50. The molecule has 1 aromatic heterocycles. The third-order valence-electron chi connectivity index (χ3n) is 2.67. The fourth-order valence-corrected chi connectivity index (χ4v) is 1.74. The van der Waals surface area contributed by atoms with Crippen LogP contribution in [0.5, 0.6) is 5.75 Å². The highest BCUT2D eigenvalue weighted by molar-refractivity contribution is 7.80. The Bertz CT molecular complexity index is 599. The van der Waals surface area contributed by atoms with Crippen LogP contribution in [0.4, 0.5) is 0 Å². The molecule has 0 bridgehead atoms. The number of aryl methyl sites for hydroxylation is 1. The molecule has 0 aliphatic rings. The van der Waals surface area contributed by atoms with Gasteiger partial charge in [-0.15, -0.1) is 0 Å². The summed E-state index contributed by atoms with van der Waals surface area (Å²) in [5, 5.41) is 2.72. The van der Waals surface area contributed by atoms with E-state index in [4.69, 9.17) is 17.0 Å². The SMILES string of the molecule is Cc1cc(OC(=S)C(C)(C)C)c2ccncc2c1. The van der Waals surface area contributed by atoms with Crippen LogP contribution in [0.2, 0.25) is 0 Å². The first-order chi connectivity index (χ1) is 8.38. The molecule has 18 heavy (non-hydrogen) atoms. The molecule has 2 nitrogen and oxygen atoms in total. The van der Waals surface area contributed by atoms with E-state index in [1.54, 1.807) is 6.20 Å². The van der Waals surface area contributed by atoms with Gasteiger partial charge in [0.2, 0.25) is 0 Å². The van der Waals surface area contributed by atoms with Crippen molar-refractivity contribution >= 4 is 28.0 Å².